The monoisotopic (exact) mass is 242 g/mol. The Labute approximate surface area is 106 Å². The van der Waals surface area contributed by atoms with Crippen molar-refractivity contribution >= 4 is 5.78 Å². The lowest BCUT2D eigenvalue weighted by Gasteiger charge is -2.08. The van der Waals surface area contributed by atoms with Gasteiger partial charge in [0.05, 0.1) is 0 Å². The molecule has 0 amide bonds. The van der Waals surface area contributed by atoms with Crippen molar-refractivity contribution in [1.29, 1.82) is 0 Å². The molecule has 0 spiro atoms. The Hall–Kier alpha value is -1.96. The van der Waals surface area contributed by atoms with E-state index in [-0.39, 0.29) is 11.6 Å². The summed E-state index contributed by atoms with van der Waals surface area (Å²) in [6.07, 6.45) is 0. The van der Waals surface area contributed by atoms with Crippen LogP contribution in [0.3, 0.4) is 0 Å². The SMILES string of the molecule is Cc1ccccc1C(=O)c1cc(C)c(F)c(C)c1. The molecule has 0 heterocycles. The van der Waals surface area contributed by atoms with E-state index in [1.54, 1.807) is 32.0 Å². The average molecular weight is 242 g/mol. The largest absolute Gasteiger partial charge is 0.289 e. The maximum Gasteiger partial charge on any atom is 0.193 e. The molecule has 0 N–H and O–H groups in total. The lowest BCUT2D eigenvalue weighted by Crippen LogP contribution is -2.05. The number of carbonyl (C=O) groups is 1. The van der Waals surface area contributed by atoms with Crippen LogP contribution < -0.4 is 0 Å². The molecule has 0 radical (unpaired) electrons. The van der Waals surface area contributed by atoms with Crippen LogP contribution in [-0.4, -0.2) is 5.78 Å². The second-order valence-electron chi connectivity index (χ2n) is 4.57. The van der Waals surface area contributed by atoms with Crippen LogP contribution in [0.4, 0.5) is 4.39 Å². The molecule has 0 aliphatic carbocycles. The van der Waals surface area contributed by atoms with Gasteiger partial charge < -0.3 is 0 Å². The van der Waals surface area contributed by atoms with Crippen LogP contribution >= 0.6 is 0 Å². The van der Waals surface area contributed by atoms with Crippen molar-refractivity contribution in [3.63, 3.8) is 0 Å². The van der Waals surface area contributed by atoms with E-state index in [9.17, 15) is 9.18 Å². The molecule has 0 atom stereocenters. The zero-order chi connectivity index (χ0) is 13.3. The topological polar surface area (TPSA) is 17.1 Å². The average Bonchev–Trinajstić information content (AvgIpc) is 2.35. The molecule has 0 aromatic heterocycles. The number of carbonyl (C=O) groups excluding carboxylic acids is 1. The van der Waals surface area contributed by atoms with E-state index in [4.69, 9.17) is 0 Å². The van der Waals surface area contributed by atoms with Crippen LogP contribution in [-0.2, 0) is 0 Å². The van der Waals surface area contributed by atoms with Gasteiger partial charge in [-0.15, -0.1) is 0 Å². The normalized spacial score (nSPS) is 10.4. The molecule has 18 heavy (non-hydrogen) atoms. The molecule has 2 heteroatoms. The third-order valence-corrected chi connectivity index (χ3v) is 3.09. The highest BCUT2D eigenvalue weighted by Crippen LogP contribution is 2.19. The van der Waals surface area contributed by atoms with Gasteiger partial charge >= 0.3 is 0 Å². The molecule has 0 saturated carbocycles. The summed E-state index contributed by atoms with van der Waals surface area (Å²) < 4.78 is 13.5. The number of rotatable bonds is 2. The van der Waals surface area contributed by atoms with Crippen LogP contribution in [0.15, 0.2) is 36.4 Å². The number of ketones is 1. The fourth-order valence-electron chi connectivity index (χ4n) is 2.06. The number of aryl methyl sites for hydroxylation is 3. The maximum atomic E-state index is 13.5. The Bertz CT molecular complexity index is 591. The van der Waals surface area contributed by atoms with Gasteiger partial charge in [0.2, 0.25) is 0 Å². The summed E-state index contributed by atoms with van der Waals surface area (Å²) in [5, 5.41) is 0. The second-order valence-corrected chi connectivity index (χ2v) is 4.57. The molecule has 0 aliphatic rings. The molecule has 0 bridgehead atoms. The van der Waals surface area contributed by atoms with Gasteiger partial charge in [-0.2, -0.15) is 0 Å². The standard InChI is InChI=1S/C16H15FO/c1-10-6-4-5-7-14(10)16(18)13-8-11(2)15(17)12(3)9-13/h4-9H,1-3H3. The van der Waals surface area contributed by atoms with Gasteiger partial charge in [0.15, 0.2) is 5.78 Å². The summed E-state index contributed by atoms with van der Waals surface area (Å²) in [7, 11) is 0. The van der Waals surface area contributed by atoms with Gasteiger partial charge in [-0.25, -0.2) is 4.39 Å². The number of hydrogen-bond acceptors (Lipinski definition) is 1. The van der Waals surface area contributed by atoms with Gasteiger partial charge in [0, 0.05) is 11.1 Å². The first-order chi connectivity index (χ1) is 8.50. The van der Waals surface area contributed by atoms with Crippen molar-refractivity contribution in [2.45, 2.75) is 20.8 Å². The van der Waals surface area contributed by atoms with E-state index in [2.05, 4.69) is 0 Å². The summed E-state index contributed by atoms with van der Waals surface area (Å²) in [5.41, 5.74) is 3.16. The van der Waals surface area contributed by atoms with Gasteiger partial charge in [-0.3, -0.25) is 4.79 Å². The Balaban J connectivity index is 2.51. The van der Waals surface area contributed by atoms with E-state index in [0.29, 0.717) is 22.3 Å². The number of hydrogen-bond donors (Lipinski definition) is 0. The van der Waals surface area contributed by atoms with Crippen molar-refractivity contribution < 1.29 is 9.18 Å². The van der Waals surface area contributed by atoms with E-state index in [1.807, 2.05) is 25.1 Å². The molecular weight excluding hydrogens is 227 g/mol. The Kier molecular flexibility index (Phi) is 3.28. The highest BCUT2D eigenvalue weighted by Gasteiger charge is 2.14. The third kappa shape index (κ3) is 2.19. The van der Waals surface area contributed by atoms with Crippen molar-refractivity contribution in [1.82, 2.24) is 0 Å². The molecule has 1 nitrogen and oxygen atoms in total. The van der Waals surface area contributed by atoms with Gasteiger partial charge in [-0.1, -0.05) is 24.3 Å². The van der Waals surface area contributed by atoms with Crippen LogP contribution in [0.25, 0.3) is 0 Å². The minimum absolute atomic E-state index is 0.0562. The minimum atomic E-state index is -0.240. The van der Waals surface area contributed by atoms with E-state index >= 15 is 0 Å². The van der Waals surface area contributed by atoms with Crippen molar-refractivity contribution in [3.05, 3.63) is 70.0 Å². The molecule has 0 unspecified atom stereocenters. The molecule has 2 rings (SSSR count). The summed E-state index contributed by atoms with van der Waals surface area (Å²) in [6.45, 7) is 5.25. The van der Waals surface area contributed by atoms with Crippen LogP contribution in [0.2, 0.25) is 0 Å². The lowest BCUT2D eigenvalue weighted by atomic mass is 9.96. The van der Waals surface area contributed by atoms with Crippen molar-refractivity contribution in [3.8, 4) is 0 Å². The number of halogens is 1. The molecule has 2 aromatic rings. The summed E-state index contributed by atoms with van der Waals surface area (Å²) in [4.78, 5) is 12.4. The molecule has 92 valence electrons. The molecule has 0 aliphatic heterocycles. The zero-order valence-corrected chi connectivity index (χ0v) is 10.8. The van der Waals surface area contributed by atoms with Gasteiger partial charge in [0.1, 0.15) is 5.82 Å². The van der Waals surface area contributed by atoms with E-state index < -0.39 is 0 Å². The highest BCUT2D eigenvalue weighted by atomic mass is 19.1. The summed E-state index contributed by atoms with van der Waals surface area (Å²) in [5.74, 6) is -0.296. The predicted molar refractivity (Wildman–Crippen MR) is 70.5 cm³/mol. The van der Waals surface area contributed by atoms with Crippen LogP contribution in [0.1, 0.15) is 32.6 Å². The smallest absolute Gasteiger partial charge is 0.193 e. The van der Waals surface area contributed by atoms with Gasteiger partial charge in [-0.05, 0) is 49.6 Å². The Morgan fingerprint density at radius 2 is 1.50 bits per heavy atom. The van der Waals surface area contributed by atoms with Gasteiger partial charge in [0.25, 0.3) is 0 Å². The second kappa shape index (κ2) is 4.73. The van der Waals surface area contributed by atoms with Crippen molar-refractivity contribution in [2.24, 2.45) is 0 Å². The number of benzene rings is 2. The molecule has 0 saturated heterocycles. The predicted octanol–water partition coefficient (Wildman–Crippen LogP) is 3.98. The first-order valence-electron chi connectivity index (χ1n) is 5.88. The van der Waals surface area contributed by atoms with Crippen LogP contribution in [0, 0.1) is 26.6 Å². The van der Waals surface area contributed by atoms with Crippen LogP contribution in [0.5, 0.6) is 0 Å². The molecule has 2 aromatic carbocycles. The first-order valence-corrected chi connectivity index (χ1v) is 5.88. The summed E-state index contributed by atoms with van der Waals surface area (Å²) >= 11 is 0. The fraction of sp³-hybridized carbons (Fsp3) is 0.188. The Morgan fingerprint density at radius 1 is 0.944 bits per heavy atom. The quantitative estimate of drug-likeness (QED) is 0.728. The zero-order valence-electron chi connectivity index (χ0n) is 10.8. The highest BCUT2D eigenvalue weighted by molar-refractivity contribution is 6.10. The van der Waals surface area contributed by atoms with E-state index in [0.717, 1.165) is 5.56 Å². The maximum absolute atomic E-state index is 13.5. The molecule has 0 fully saturated rings. The Morgan fingerprint density at radius 3 is 2.06 bits per heavy atom. The summed E-state index contributed by atoms with van der Waals surface area (Å²) in [6, 6.07) is 10.6. The minimum Gasteiger partial charge on any atom is -0.289 e. The first kappa shape index (κ1) is 12.5. The lowest BCUT2D eigenvalue weighted by molar-refractivity contribution is 0.103. The van der Waals surface area contributed by atoms with Crippen molar-refractivity contribution in [2.75, 3.05) is 0 Å². The fourth-order valence-corrected chi connectivity index (χ4v) is 2.06. The van der Waals surface area contributed by atoms with E-state index in [1.165, 1.54) is 0 Å². The molecular formula is C16H15FO. The third-order valence-electron chi connectivity index (χ3n) is 3.09.